The molecule has 0 spiro atoms. The van der Waals surface area contributed by atoms with E-state index in [-0.39, 0.29) is 52.5 Å². The molecular formula is C53H61BN2S. The minimum Gasteiger partial charge on any atom is -0.311 e. The van der Waals surface area contributed by atoms with Crippen molar-refractivity contribution in [1.82, 2.24) is 0 Å². The highest BCUT2D eigenvalue weighted by atomic mass is 32.1. The Bertz CT molecular complexity index is 2800. The number of rotatable bonds is 2. The van der Waals surface area contributed by atoms with Gasteiger partial charge in [0.05, 0.1) is 11.2 Å². The summed E-state index contributed by atoms with van der Waals surface area (Å²) in [4.78, 5) is 4.57. The van der Waals surface area contributed by atoms with E-state index in [1.807, 2.05) is 32.1 Å². The Hall–Kier alpha value is -4.28. The SMILES string of the molecule is [2H]c1c([2H])c(C(C)(C)C)c([2H])c([2H])c1N1c2cc(C)cc3c2B(c2cc(C(C)(C)C)ccc2N3c2ccc(C(C)(C)C)cc2)c2sc3cc4c(cc3c21)C(C)(C)CCC4(C)C. The summed E-state index contributed by atoms with van der Waals surface area (Å²) < 4.78 is 41.0. The van der Waals surface area contributed by atoms with Crippen molar-refractivity contribution in [3.8, 4) is 0 Å². The van der Waals surface area contributed by atoms with E-state index in [1.165, 1.54) is 37.2 Å². The number of anilines is 6. The number of benzene rings is 5. The molecule has 0 fully saturated rings. The Balaban J connectivity index is 1.45. The molecule has 1 aliphatic carbocycles. The number of fused-ring (bicyclic) bond motifs is 7. The normalized spacial score (nSPS) is 18.0. The molecular weight excluding hydrogens is 707 g/mol. The van der Waals surface area contributed by atoms with Crippen LogP contribution in [0.15, 0.2) is 90.9 Å². The Morgan fingerprint density at radius 2 is 1.14 bits per heavy atom. The van der Waals surface area contributed by atoms with Crippen molar-refractivity contribution < 1.29 is 5.48 Å². The quantitative estimate of drug-likeness (QED) is 0.162. The molecule has 0 N–H and O–H groups in total. The van der Waals surface area contributed by atoms with Crippen LogP contribution in [0.3, 0.4) is 0 Å². The fourth-order valence-corrected chi connectivity index (χ4v) is 10.9. The van der Waals surface area contributed by atoms with Gasteiger partial charge in [-0.25, -0.2) is 0 Å². The maximum absolute atomic E-state index is 9.84. The Kier molecular flexibility index (Phi) is 7.31. The molecule has 5 aromatic carbocycles. The summed E-state index contributed by atoms with van der Waals surface area (Å²) in [5.41, 5.74) is 14.0. The van der Waals surface area contributed by atoms with Crippen LogP contribution in [0.4, 0.5) is 34.1 Å². The van der Waals surface area contributed by atoms with Crippen molar-refractivity contribution in [2.75, 3.05) is 9.80 Å². The third-order valence-electron chi connectivity index (χ3n) is 13.2. The van der Waals surface area contributed by atoms with E-state index < -0.39 is 5.41 Å². The maximum Gasteiger partial charge on any atom is 0.264 e. The molecule has 0 bridgehead atoms. The zero-order chi connectivity index (χ0) is 44.3. The number of thiophene rings is 1. The minimum absolute atomic E-state index is 0.00709. The molecule has 0 unspecified atom stereocenters. The van der Waals surface area contributed by atoms with Crippen molar-refractivity contribution >= 4 is 78.0 Å². The number of hydrogen-bond donors (Lipinski definition) is 0. The van der Waals surface area contributed by atoms with Crippen LogP contribution in [0, 0.1) is 6.92 Å². The van der Waals surface area contributed by atoms with Crippen LogP contribution in [-0.4, -0.2) is 6.71 Å². The monoisotopic (exact) mass is 772 g/mol. The third-order valence-corrected chi connectivity index (χ3v) is 14.4. The van der Waals surface area contributed by atoms with Crippen molar-refractivity contribution in [1.29, 1.82) is 0 Å². The Morgan fingerprint density at radius 1 is 0.596 bits per heavy atom. The van der Waals surface area contributed by atoms with Gasteiger partial charge in [0.25, 0.3) is 6.71 Å². The van der Waals surface area contributed by atoms with Crippen molar-refractivity contribution in [3.05, 3.63) is 124 Å². The lowest BCUT2D eigenvalue weighted by molar-refractivity contribution is 0.332. The molecule has 292 valence electrons. The Morgan fingerprint density at radius 3 is 1.72 bits per heavy atom. The van der Waals surface area contributed by atoms with Crippen molar-refractivity contribution in [2.24, 2.45) is 0 Å². The predicted molar refractivity (Wildman–Crippen MR) is 252 cm³/mol. The maximum atomic E-state index is 9.84. The van der Waals surface area contributed by atoms with Crippen LogP contribution in [-0.2, 0) is 27.1 Å². The van der Waals surface area contributed by atoms with Gasteiger partial charge in [-0.2, -0.15) is 0 Å². The first-order valence-corrected chi connectivity index (χ1v) is 21.8. The highest BCUT2D eigenvalue weighted by molar-refractivity contribution is 7.33. The molecule has 4 heteroatoms. The second-order valence-electron chi connectivity index (χ2n) is 21.6. The summed E-state index contributed by atoms with van der Waals surface area (Å²) in [6, 6.07) is 25.6. The summed E-state index contributed by atoms with van der Waals surface area (Å²) in [5.74, 6) is 0. The summed E-state index contributed by atoms with van der Waals surface area (Å²) in [6.07, 6.45) is 2.20. The van der Waals surface area contributed by atoms with Gasteiger partial charge < -0.3 is 9.80 Å². The Labute approximate surface area is 353 Å². The summed E-state index contributed by atoms with van der Waals surface area (Å²) in [6.45, 7) is 31.1. The average Bonchev–Trinajstić information content (AvgIpc) is 3.53. The standard InChI is InChI=1S/C53H61BN2S/c1-32-27-43-46-44(28-32)56(37-22-17-34(18-23-37)50(5,6)7)47-38-30-39-40(53(13,14)26-25-52(39,11)12)31-45(38)57-48(47)54(46)41-29-35(51(8,9)10)19-24-42(41)55(43)36-20-15-33(16-21-36)49(2,3)4/h15-24,27-31H,25-26H2,1-14H3/i17D,18D,22D,23D. The number of hydrogen-bond acceptors (Lipinski definition) is 3. The zero-order valence-corrected chi connectivity index (χ0v) is 37.5. The van der Waals surface area contributed by atoms with Gasteiger partial charge in [-0.3, -0.25) is 0 Å². The molecule has 6 aromatic rings. The lowest BCUT2D eigenvalue weighted by Gasteiger charge is -2.44. The van der Waals surface area contributed by atoms with E-state index in [1.54, 1.807) is 0 Å². The van der Waals surface area contributed by atoms with E-state index in [4.69, 9.17) is 0 Å². The third kappa shape index (κ3) is 6.02. The van der Waals surface area contributed by atoms with E-state index >= 15 is 0 Å². The predicted octanol–water partition coefficient (Wildman–Crippen LogP) is 13.5. The van der Waals surface area contributed by atoms with Crippen molar-refractivity contribution in [3.63, 3.8) is 0 Å². The summed E-state index contributed by atoms with van der Waals surface area (Å²) in [7, 11) is 0. The molecule has 3 heterocycles. The van der Waals surface area contributed by atoms with Gasteiger partial charge in [0.2, 0.25) is 0 Å². The zero-order valence-electron chi connectivity index (χ0n) is 40.6. The second kappa shape index (κ2) is 12.4. The topological polar surface area (TPSA) is 6.48 Å². The highest BCUT2D eigenvalue weighted by Gasteiger charge is 2.47. The van der Waals surface area contributed by atoms with Gasteiger partial charge in [0.15, 0.2) is 0 Å². The first-order valence-electron chi connectivity index (χ1n) is 22.9. The molecule has 2 aliphatic heterocycles. The van der Waals surface area contributed by atoms with Gasteiger partial charge in [-0.05, 0) is 146 Å². The molecule has 0 amide bonds. The van der Waals surface area contributed by atoms with Crippen LogP contribution in [0.2, 0.25) is 0 Å². The highest BCUT2D eigenvalue weighted by Crippen LogP contribution is 2.52. The van der Waals surface area contributed by atoms with Crippen LogP contribution in [0.5, 0.6) is 0 Å². The van der Waals surface area contributed by atoms with Crippen LogP contribution in [0.1, 0.15) is 142 Å². The first kappa shape index (κ1) is 33.7. The number of aryl methyl sites for hydroxylation is 1. The van der Waals surface area contributed by atoms with Gasteiger partial charge >= 0.3 is 0 Å². The number of nitrogens with zero attached hydrogens (tertiary/aromatic N) is 2. The fraction of sp³-hybridized carbons (Fsp3) is 0.396. The van der Waals surface area contributed by atoms with E-state index in [2.05, 4.69) is 153 Å². The molecule has 9 rings (SSSR count). The molecule has 0 saturated carbocycles. The van der Waals surface area contributed by atoms with E-state index in [0.717, 1.165) is 57.7 Å². The van der Waals surface area contributed by atoms with Crippen LogP contribution in [0.25, 0.3) is 10.1 Å². The molecule has 2 nitrogen and oxygen atoms in total. The molecule has 57 heavy (non-hydrogen) atoms. The largest absolute Gasteiger partial charge is 0.311 e. The summed E-state index contributed by atoms with van der Waals surface area (Å²) in [5, 5.41) is 1.11. The average molecular weight is 773 g/mol. The van der Waals surface area contributed by atoms with Gasteiger partial charge in [-0.1, -0.05) is 126 Å². The lowest BCUT2D eigenvalue weighted by atomic mass is 9.36. The molecule has 0 radical (unpaired) electrons. The lowest BCUT2D eigenvalue weighted by Crippen LogP contribution is -2.60. The van der Waals surface area contributed by atoms with Gasteiger partial charge in [-0.15, -0.1) is 11.3 Å². The van der Waals surface area contributed by atoms with Crippen LogP contribution >= 0.6 is 11.3 Å². The fourth-order valence-electron chi connectivity index (χ4n) is 9.56. The second-order valence-corrected chi connectivity index (χ2v) is 22.7. The van der Waals surface area contributed by atoms with Crippen molar-refractivity contribution in [2.45, 2.75) is 137 Å². The first-order chi connectivity index (χ1) is 28.2. The molecule has 0 saturated heterocycles. The van der Waals surface area contributed by atoms with E-state index in [0.29, 0.717) is 11.3 Å². The van der Waals surface area contributed by atoms with Gasteiger partial charge in [0, 0.05) is 43.3 Å². The van der Waals surface area contributed by atoms with E-state index in [9.17, 15) is 5.48 Å². The van der Waals surface area contributed by atoms with Crippen LogP contribution < -0.4 is 25.5 Å². The molecule has 3 aliphatic rings. The smallest absolute Gasteiger partial charge is 0.264 e. The molecule has 1 aromatic heterocycles. The molecule has 0 atom stereocenters. The summed E-state index contributed by atoms with van der Waals surface area (Å²) >= 11 is 1.84. The minimum atomic E-state index is -0.580. The van der Waals surface area contributed by atoms with Gasteiger partial charge in [0.1, 0.15) is 0 Å².